The zero-order chi connectivity index (χ0) is 21.3. The Morgan fingerprint density at radius 2 is 1.77 bits per heavy atom. The van der Waals surface area contributed by atoms with Gasteiger partial charge in [-0.3, -0.25) is 13.9 Å². The van der Waals surface area contributed by atoms with Crippen LogP contribution in [0.2, 0.25) is 0 Å². The van der Waals surface area contributed by atoms with Crippen LogP contribution < -0.4 is 11.2 Å². The number of aliphatic hydroxyl groups excluding tert-OH is 1. The molecule has 0 atom stereocenters. The summed E-state index contributed by atoms with van der Waals surface area (Å²) in [6, 6.07) is 17.8. The van der Waals surface area contributed by atoms with E-state index in [0.29, 0.717) is 30.0 Å². The van der Waals surface area contributed by atoms with E-state index in [4.69, 9.17) is 4.98 Å². The Labute approximate surface area is 173 Å². The van der Waals surface area contributed by atoms with Gasteiger partial charge in [-0.25, -0.2) is 9.78 Å². The summed E-state index contributed by atoms with van der Waals surface area (Å²) in [6.07, 6.45) is 0.332. The SMILES string of the molecule is Cc1cccc(-c2nc3c(c(=O)n(CCCO)c(=O)n3C)n2Cc2ccccc2)c1. The van der Waals surface area contributed by atoms with E-state index in [0.717, 1.165) is 16.7 Å². The first-order valence-corrected chi connectivity index (χ1v) is 9.93. The van der Waals surface area contributed by atoms with Gasteiger partial charge in [0.05, 0.1) is 0 Å². The molecule has 0 aliphatic rings. The molecule has 0 fully saturated rings. The maximum Gasteiger partial charge on any atom is 0.332 e. The molecular weight excluding hydrogens is 380 g/mol. The molecule has 154 valence electrons. The molecule has 7 nitrogen and oxygen atoms in total. The van der Waals surface area contributed by atoms with E-state index >= 15 is 0 Å². The number of aryl methyl sites for hydroxylation is 2. The summed E-state index contributed by atoms with van der Waals surface area (Å²) >= 11 is 0. The summed E-state index contributed by atoms with van der Waals surface area (Å²) < 4.78 is 4.48. The van der Waals surface area contributed by atoms with Crippen molar-refractivity contribution in [2.75, 3.05) is 6.61 Å². The van der Waals surface area contributed by atoms with E-state index in [2.05, 4.69) is 0 Å². The van der Waals surface area contributed by atoms with E-state index in [1.165, 1.54) is 9.13 Å². The summed E-state index contributed by atoms with van der Waals surface area (Å²) in [6.45, 7) is 2.53. The smallest absolute Gasteiger partial charge is 0.332 e. The molecule has 30 heavy (non-hydrogen) atoms. The molecule has 7 heteroatoms. The van der Waals surface area contributed by atoms with Crippen LogP contribution in [0.5, 0.6) is 0 Å². The highest BCUT2D eigenvalue weighted by Crippen LogP contribution is 2.24. The lowest BCUT2D eigenvalue weighted by Gasteiger charge is -2.11. The number of fused-ring (bicyclic) bond motifs is 1. The predicted molar refractivity (Wildman–Crippen MR) is 117 cm³/mol. The van der Waals surface area contributed by atoms with Gasteiger partial charge in [-0.15, -0.1) is 0 Å². The Morgan fingerprint density at radius 3 is 2.47 bits per heavy atom. The highest BCUT2D eigenvalue weighted by Gasteiger charge is 2.21. The predicted octanol–water partition coefficient (Wildman–Crippen LogP) is 2.30. The van der Waals surface area contributed by atoms with Gasteiger partial charge in [0.2, 0.25) is 0 Å². The van der Waals surface area contributed by atoms with Crippen LogP contribution in [0, 0.1) is 6.92 Å². The van der Waals surface area contributed by atoms with Crippen molar-refractivity contribution in [2.45, 2.75) is 26.4 Å². The second-order valence-electron chi connectivity index (χ2n) is 7.42. The average molecular weight is 404 g/mol. The fraction of sp³-hybridized carbons (Fsp3) is 0.261. The van der Waals surface area contributed by atoms with Crippen LogP contribution in [-0.2, 0) is 20.1 Å². The highest BCUT2D eigenvalue weighted by molar-refractivity contribution is 5.77. The summed E-state index contributed by atoms with van der Waals surface area (Å²) in [5.41, 5.74) is 2.93. The molecule has 2 aromatic carbocycles. The van der Waals surface area contributed by atoms with E-state index in [-0.39, 0.29) is 18.7 Å². The summed E-state index contributed by atoms with van der Waals surface area (Å²) in [7, 11) is 1.62. The molecule has 0 aliphatic heterocycles. The molecule has 2 aromatic heterocycles. The lowest BCUT2D eigenvalue weighted by atomic mass is 10.1. The molecule has 0 saturated carbocycles. The first kappa shape index (κ1) is 19.8. The van der Waals surface area contributed by atoms with E-state index in [1.807, 2.05) is 66.1 Å². The van der Waals surface area contributed by atoms with Gasteiger partial charge in [0.25, 0.3) is 5.56 Å². The lowest BCUT2D eigenvalue weighted by molar-refractivity contribution is 0.277. The van der Waals surface area contributed by atoms with E-state index < -0.39 is 5.69 Å². The zero-order valence-corrected chi connectivity index (χ0v) is 17.1. The number of aromatic nitrogens is 4. The summed E-state index contributed by atoms with van der Waals surface area (Å²) in [5, 5.41) is 9.18. The number of hydrogen-bond acceptors (Lipinski definition) is 4. The Bertz CT molecular complexity index is 1320. The van der Waals surface area contributed by atoms with E-state index in [1.54, 1.807) is 7.05 Å². The standard InChI is InChI=1S/C23H24N4O3/c1-16-8-6-11-18(14-16)20-24-21-19(27(20)15-17-9-4-3-5-10-17)22(29)26(12-7-13-28)23(30)25(21)2/h3-6,8-11,14,28H,7,12-13,15H2,1-2H3. The number of nitrogens with zero attached hydrogens (tertiary/aromatic N) is 4. The quantitative estimate of drug-likeness (QED) is 0.535. The van der Waals surface area contributed by atoms with Gasteiger partial charge in [0, 0.05) is 32.3 Å². The second kappa shape index (κ2) is 8.12. The van der Waals surface area contributed by atoms with Crippen molar-refractivity contribution in [1.82, 2.24) is 18.7 Å². The number of benzene rings is 2. The first-order chi connectivity index (χ1) is 14.5. The normalized spacial score (nSPS) is 11.3. The molecular formula is C23H24N4O3. The molecule has 0 aliphatic carbocycles. The molecule has 1 N–H and O–H groups in total. The molecule has 2 heterocycles. The minimum absolute atomic E-state index is 0.0918. The van der Waals surface area contributed by atoms with E-state index in [9.17, 15) is 14.7 Å². The third-order valence-corrected chi connectivity index (χ3v) is 5.23. The minimum Gasteiger partial charge on any atom is -0.396 e. The molecule has 0 saturated heterocycles. The van der Waals surface area contributed by atoms with Crippen LogP contribution >= 0.6 is 0 Å². The fourth-order valence-electron chi connectivity index (χ4n) is 3.72. The Kier molecular flexibility index (Phi) is 5.37. The highest BCUT2D eigenvalue weighted by atomic mass is 16.3. The van der Waals surface area contributed by atoms with Crippen LogP contribution in [0.25, 0.3) is 22.6 Å². The van der Waals surface area contributed by atoms with Crippen molar-refractivity contribution in [1.29, 1.82) is 0 Å². The van der Waals surface area contributed by atoms with Crippen molar-refractivity contribution in [3.8, 4) is 11.4 Å². The van der Waals surface area contributed by atoms with Gasteiger partial charge in [-0.1, -0.05) is 54.1 Å². The number of imidazole rings is 1. The number of aliphatic hydroxyl groups is 1. The Balaban J connectivity index is 2.04. The minimum atomic E-state index is -0.430. The van der Waals surface area contributed by atoms with Gasteiger partial charge in [-0.05, 0) is 25.0 Å². The van der Waals surface area contributed by atoms with Gasteiger partial charge in [0.15, 0.2) is 11.2 Å². The molecule has 0 amide bonds. The average Bonchev–Trinajstić information content (AvgIpc) is 3.12. The Hall–Kier alpha value is -3.45. The summed E-state index contributed by atoms with van der Waals surface area (Å²) in [4.78, 5) is 30.8. The molecule has 0 radical (unpaired) electrons. The van der Waals surface area contributed by atoms with Crippen LogP contribution in [0.3, 0.4) is 0 Å². The topological polar surface area (TPSA) is 82.1 Å². The fourth-order valence-corrected chi connectivity index (χ4v) is 3.72. The van der Waals surface area contributed by atoms with Crippen molar-refractivity contribution < 1.29 is 5.11 Å². The molecule has 0 spiro atoms. The van der Waals surface area contributed by atoms with Gasteiger partial charge in [0.1, 0.15) is 5.82 Å². The maximum absolute atomic E-state index is 13.3. The third-order valence-electron chi connectivity index (χ3n) is 5.23. The second-order valence-corrected chi connectivity index (χ2v) is 7.42. The number of hydrogen-bond donors (Lipinski definition) is 1. The van der Waals surface area contributed by atoms with Crippen molar-refractivity contribution >= 4 is 11.2 Å². The third kappa shape index (κ3) is 3.48. The lowest BCUT2D eigenvalue weighted by Crippen LogP contribution is -2.39. The van der Waals surface area contributed by atoms with Crippen LogP contribution in [-0.4, -0.2) is 30.4 Å². The maximum atomic E-state index is 13.3. The van der Waals surface area contributed by atoms with Gasteiger partial charge in [-0.2, -0.15) is 0 Å². The molecule has 4 rings (SSSR count). The molecule has 0 unspecified atom stereocenters. The molecule has 4 aromatic rings. The van der Waals surface area contributed by atoms with Gasteiger partial charge < -0.3 is 9.67 Å². The summed E-state index contributed by atoms with van der Waals surface area (Å²) in [5.74, 6) is 0.643. The Morgan fingerprint density at radius 1 is 1.00 bits per heavy atom. The number of rotatable bonds is 6. The largest absolute Gasteiger partial charge is 0.396 e. The monoisotopic (exact) mass is 404 g/mol. The first-order valence-electron chi connectivity index (χ1n) is 9.93. The molecule has 0 bridgehead atoms. The zero-order valence-electron chi connectivity index (χ0n) is 17.1. The van der Waals surface area contributed by atoms with Crippen LogP contribution in [0.1, 0.15) is 17.5 Å². The van der Waals surface area contributed by atoms with Crippen molar-refractivity contribution in [3.63, 3.8) is 0 Å². The van der Waals surface area contributed by atoms with Crippen molar-refractivity contribution in [3.05, 3.63) is 86.6 Å². The van der Waals surface area contributed by atoms with Crippen molar-refractivity contribution in [2.24, 2.45) is 7.05 Å². The van der Waals surface area contributed by atoms with Gasteiger partial charge >= 0.3 is 5.69 Å². The van der Waals surface area contributed by atoms with Crippen LogP contribution in [0.15, 0.2) is 64.2 Å². The van der Waals surface area contributed by atoms with Crippen LogP contribution in [0.4, 0.5) is 0 Å².